The first-order valence-electron chi connectivity index (χ1n) is 6.81. The lowest BCUT2D eigenvalue weighted by atomic mass is 9.94. The second kappa shape index (κ2) is 6.17. The van der Waals surface area contributed by atoms with E-state index in [9.17, 15) is 9.90 Å². The summed E-state index contributed by atoms with van der Waals surface area (Å²) in [5.74, 6) is -0.114. The highest BCUT2D eigenvalue weighted by Gasteiger charge is 2.30. The van der Waals surface area contributed by atoms with Crippen molar-refractivity contribution in [3.63, 3.8) is 0 Å². The SMILES string of the molecule is CCc1ccccc1C(=O)NCC1(O)CCOCC1. The molecule has 1 aliphatic rings. The number of benzene rings is 1. The van der Waals surface area contributed by atoms with E-state index in [1.165, 1.54) is 0 Å². The van der Waals surface area contributed by atoms with E-state index in [0.29, 0.717) is 31.6 Å². The zero-order valence-corrected chi connectivity index (χ0v) is 11.3. The van der Waals surface area contributed by atoms with Crippen LogP contribution < -0.4 is 5.32 Å². The van der Waals surface area contributed by atoms with E-state index >= 15 is 0 Å². The maximum atomic E-state index is 12.2. The van der Waals surface area contributed by atoms with Crippen LogP contribution in [0.4, 0.5) is 0 Å². The lowest BCUT2D eigenvalue weighted by Gasteiger charge is -2.32. The summed E-state index contributed by atoms with van der Waals surface area (Å²) in [5.41, 5.74) is 0.898. The zero-order chi connectivity index (χ0) is 13.7. The first kappa shape index (κ1) is 14.0. The third-order valence-electron chi connectivity index (χ3n) is 3.64. The predicted octanol–water partition coefficient (Wildman–Crippen LogP) is 1.52. The molecule has 1 saturated heterocycles. The van der Waals surface area contributed by atoms with Gasteiger partial charge in [0.15, 0.2) is 0 Å². The van der Waals surface area contributed by atoms with Crippen molar-refractivity contribution >= 4 is 5.91 Å². The molecule has 0 aromatic heterocycles. The smallest absolute Gasteiger partial charge is 0.251 e. The number of aryl methyl sites for hydroxylation is 1. The minimum atomic E-state index is -0.824. The molecule has 0 radical (unpaired) electrons. The van der Waals surface area contributed by atoms with Crippen LogP contribution in [0.25, 0.3) is 0 Å². The molecule has 19 heavy (non-hydrogen) atoms. The van der Waals surface area contributed by atoms with Crippen molar-refractivity contribution in [1.29, 1.82) is 0 Å². The van der Waals surface area contributed by atoms with E-state index in [2.05, 4.69) is 5.32 Å². The average Bonchev–Trinajstić information content (AvgIpc) is 2.45. The minimum Gasteiger partial charge on any atom is -0.388 e. The summed E-state index contributed by atoms with van der Waals surface area (Å²) in [7, 11) is 0. The average molecular weight is 263 g/mol. The second-order valence-corrected chi connectivity index (χ2v) is 5.03. The highest BCUT2D eigenvalue weighted by Crippen LogP contribution is 2.19. The Kier molecular flexibility index (Phi) is 4.56. The van der Waals surface area contributed by atoms with Gasteiger partial charge in [-0.25, -0.2) is 0 Å². The molecule has 4 nitrogen and oxygen atoms in total. The summed E-state index contributed by atoms with van der Waals surface area (Å²) in [6, 6.07) is 7.57. The van der Waals surface area contributed by atoms with Crippen molar-refractivity contribution in [3.05, 3.63) is 35.4 Å². The van der Waals surface area contributed by atoms with Gasteiger partial charge in [0.05, 0.1) is 5.60 Å². The molecule has 2 N–H and O–H groups in total. The third kappa shape index (κ3) is 3.55. The first-order chi connectivity index (χ1) is 9.14. The Balaban J connectivity index is 1.97. The van der Waals surface area contributed by atoms with Gasteiger partial charge in [-0.3, -0.25) is 4.79 Å². The molecule has 0 bridgehead atoms. The lowest BCUT2D eigenvalue weighted by Crippen LogP contribution is -2.46. The standard InChI is InChI=1S/C15H21NO3/c1-2-12-5-3-4-6-13(12)14(17)16-11-15(18)7-9-19-10-8-15/h3-6,18H,2,7-11H2,1H3,(H,16,17). The number of aliphatic hydroxyl groups is 1. The zero-order valence-electron chi connectivity index (χ0n) is 11.3. The van der Waals surface area contributed by atoms with Crippen molar-refractivity contribution in [2.75, 3.05) is 19.8 Å². The highest BCUT2D eigenvalue weighted by molar-refractivity contribution is 5.95. The molecule has 104 valence electrons. The Labute approximate surface area is 113 Å². The molecule has 1 heterocycles. The Hall–Kier alpha value is -1.39. The number of carbonyl (C=O) groups is 1. The summed E-state index contributed by atoms with van der Waals surface area (Å²) in [4.78, 5) is 12.2. The quantitative estimate of drug-likeness (QED) is 0.866. The molecule has 2 rings (SSSR count). The number of carbonyl (C=O) groups excluding carboxylic acids is 1. The fourth-order valence-electron chi connectivity index (χ4n) is 2.32. The monoisotopic (exact) mass is 263 g/mol. The van der Waals surface area contributed by atoms with Gasteiger partial charge in [-0.05, 0) is 18.1 Å². The Bertz CT molecular complexity index is 439. The van der Waals surface area contributed by atoms with Crippen molar-refractivity contribution in [3.8, 4) is 0 Å². The normalized spacial score (nSPS) is 18.0. The van der Waals surface area contributed by atoms with Gasteiger partial charge in [0, 0.05) is 38.2 Å². The van der Waals surface area contributed by atoms with Crippen molar-refractivity contribution in [1.82, 2.24) is 5.32 Å². The summed E-state index contributed by atoms with van der Waals surface area (Å²) < 4.78 is 5.22. The number of nitrogens with one attached hydrogen (secondary N) is 1. The van der Waals surface area contributed by atoms with Crippen LogP contribution in [0.15, 0.2) is 24.3 Å². The molecule has 0 saturated carbocycles. The van der Waals surface area contributed by atoms with E-state index in [0.717, 1.165) is 12.0 Å². The molecule has 1 amide bonds. The van der Waals surface area contributed by atoms with E-state index in [1.54, 1.807) is 0 Å². The van der Waals surface area contributed by atoms with Crippen LogP contribution in [0.1, 0.15) is 35.7 Å². The van der Waals surface area contributed by atoms with Gasteiger partial charge in [-0.15, -0.1) is 0 Å². The molecular formula is C15H21NO3. The van der Waals surface area contributed by atoms with Gasteiger partial charge < -0.3 is 15.2 Å². The Morgan fingerprint density at radius 1 is 1.37 bits per heavy atom. The maximum absolute atomic E-state index is 12.2. The molecule has 1 aliphatic heterocycles. The molecular weight excluding hydrogens is 242 g/mol. The summed E-state index contributed by atoms with van der Waals surface area (Å²) in [6.45, 7) is 3.42. The minimum absolute atomic E-state index is 0.114. The van der Waals surface area contributed by atoms with E-state index in [4.69, 9.17) is 4.74 Å². The number of amides is 1. The van der Waals surface area contributed by atoms with E-state index in [1.807, 2.05) is 31.2 Å². The first-order valence-corrected chi connectivity index (χ1v) is 6.81. The topological polar surface area (TPSA) is 58.6 Å². The molecule has 0 aliphatic carbocycles. The highest BCUT2D eigenvalue weighted by atomic mass is 16.5. The third-order valence-corrected chi connectivity index (χ3v) is 3.64. The van der Waals surface area contributed by atoms with Crippen molar-refractivity contribution in [2.24, 2.45) is 0 Å². The molecule has 4 heteroatoms. The fraction of sp³-hybridized carbons (Fsp3) is 0.533. The van der Waals surface area contributed by atoms with Gasteiger partial charge >= 0.3 is 0 Å². The van der Waals surface area contributed by atoms with Crippen LogP contribution in [0.2, 0.25) is 0 Å². The van der Waals surface area contributed by atoms with Crippen molar-refractivity contribution in [2.45, 2.75) is 31.8 Å². The molecule has 0 unspecified atom stereocenters. The number of ether oxygens (including phenoxy) is 1. The molecule has 1 aromatic carbocycles. The predicted molar refractivity (Wildman–Crippen MR) is 73.2 cm³/mol. The Morgan fingerprint density at radius 2 is 2.05 bits per heavy atom. The Morgan fingerprint density at radius 3 is 2.74 bits per heavy atom. The largest absolute Gasteiger partial charge is 0.388 e. The maximum Gasteiger partial charge on any atom is 0.251 e. The molecule has 1 aromatic rings. The van der Waals surface area contributed by atoms with Crippen LogP contribution in [0.3, 0.4) is 0 Å². The van der Waals surface area contributed by atoms with Crippen LogP contribution in [-0.4, -0.2) is 36.4 Å². The molecule has 1 fully saturated rings. The van der Waals surface area contributed by atoms with Crippen LogP contribution in [0, 0.1) is 0 Å². The van der Waals surface area contributed by atoms with E-state index < -0.39 is 5.60 Å². The number of hydrogen-bond acceptors (Lipinski definition) is 3. The van der Waals surface area contributed by atoms with Crippen LogP contribution in [0.5, 0.6) is 0 Å². The van der Waals surface area contributed by atoms with Gasteiger partial charge in [0.1, 0.15) is 0 Å². The summed E-state index contributed by atoms with van der Waals surface area (Å²) >= 11 is 0. The number of rotatable bonds is 4. The fourth-order valence-corrected chi connectivity index (χ4v) is 2.32. The second-order valence-electron chi connectivity index (χ2n) is 5.03. The van der Waals surface area contributed by atoms with Gasteiger partial charge in [0.25, 0.3) is 5.91 Å². The molecule has 0 spiro atoms. The summed E-state index contributed by atoms with van der Waals surface area (Å²) in [6.07, 6.45) is 1.97. The summed E-state index contributed by atoms with van der Waals surface area (Å²) in [5, 5.41) is 13.1. The van der Waals surface area contributed by atoms with Crippen LogP contribution >= 0.6 is 0 Å². The molecule has 0 atom stereocenters. The number of hydrogen-bond donors (Lipinski definition) is 2. The van der Waals surface area contributed by atoms with Gasteiger partial charge in [-0.2, -0.15) is 0 Å². The van der Waals surface area contributed by atoms with E-state index in [-0.39, 0.29) is 12.5 Å². The van der Waals surface area contributed by atoms with Gasteiger partial charge in [-0.1, -0.05) is 25.1 Å². The van der Waals surface area contributed by atoms with Crippen molar-refractivity contribution < 1.29 is 14.6 Å². The lowest BCUT2D eigenvalue weighted by molar-refractivity contribution is -0.0605. The van der Waals surface area contributed by atoms with Gasteiger partial charge in [0.2, 0.25) is 0 Å². The van der Waals surface area contributed by atoms with Crippen LogP contribution in [-0.2, 0) is 11.2 Å².